The zero-order valence-electron chi connectivity index (χ0n) is 12.1. The summed E-state index contributed by atoms with van der Waals surface area (Å²) in [6.45, 7) is 6.22. The first-order chi connectivity index (χ1) is 9.06. The van der Waals surface area contributed by atoms with E-state index in [0.29, 0.717) is 0 Å². The lowest BCUT2D eigenvalue weighted by Crippen LogP contribution is -2.37. The number of benzene rings is 1. The molecule has 1 aliphatic heterocycles. The molecule has 4 atom stereocenters. The van der Waals surface area contributed by atoms with Gasteiger partial charge in [-0.1, -0.05) is 30.3 Å². The van der Waals surface area contributed by atoms with Gasteiger partial charge in [0.15, 0.2) is 0 Å². The van der Waals surface area contributed by atoms with Crippen LogP contribution in [0.25, 0.3) is 0 Å². The molecule has 1 aromatic carbocycles. The second kappa shape index (κ2) is 6.51. The average molecular weight is 263 g/mol. The normalized spacial score (nSPS) is 30.8. The Balaban J connectivity index is 2.05. The molecule has 1 saturated heterocycles. The third-order valence-corrected chi connectivity index (χ3v) is 3.60. The fourth-order valence-electron chi connectivity index (χ4n) is 2.81. The summed E-state index contributed by atoms with van der Waals surface area (Å²) in [5.41, 5.74) is 7.26. The molecular weight excluding hydrogens is 238 g/mol. The predicted molar refractivity (Wildman–Crippen MR) is 76.9 cm³/mol. The van der Waals surface area contributed by atoms with Crippen molar-refractivity contribution in [3.05, 3.63) is 35.9 Å². The zero-order valence-corrected chi connectivity index (χ0v) is 12.1. The number of hydrogen-bond donors (Lipinski definition) is 1. The Kier molecular flexibility index (Phi) is 4.97. The summed E-state index contributed by atoms with van der Waals surface area (Å²) in [7, 11) is 0. The Morgan fingerprint density at radius 1 is 1.16 bits per heavy atom. The molecule has 0 saturated carbocycles. The topological polar surface area (TPSA) is 44.5 Å². The molecule has 0 spiro atoms. The lowest BCUT2D eigenvalue weighted by atomic mass is 10.00. The summed E-state index contributed by atoms with van der Waals surface area (Å²) in [5.74, 6) is 0. The summed E-state index contributed by atoms with van der Waals surface area (Å²) in [5, 5.41) is 0. The molecule has 0 amide bonds. The smallest absolute Gasteiger partial charge is 0.0976 e. The summed E-state index contributed by atoms with van der Waals surface area (Å²) in [6, 6.07) is 10.2. The molecule has 19 heavy (non-hydrogen) atoms. The molecular formula is C16H25NO2. The van der Waals surface area contributed by atoms with Crippen LogP contribution in [0.5, 0.6) is 0 Å². The standard InChI is InChI=1S/C16H25NO2/c1-11-9-15(10-12(2)18-11)19-16(13(3)17)14-7-5-4-6-8-14/h4-8,11-13,15-16H,9-10,17H2,1-3H3. The number of nitrogens with two attached hydrogens (primary N) is 1. The van der Waals surface area contributed by atoms with E-state index in [-0.39, 0.29) is 30.5 Å². The Morgan fingerprint density at radius 2 is 1.74 bits per heavy atom. The Bertz CT molecular complexity index is 370. The van der Waals surface area contributed by atoms with Gasteiger partial charge in [0.05, 0.1) is 24.4 Å². The zero-order chi connectivity index (χ0) is 13.8. The Morgan fingerprint density at radius 3 is 2.26 bits per heavy atom. The monoisotopic (exact) mass is 263 g/mol. The maximum absolute atomic E-state index is 6.27. The molecule has 2 rings (SSSR count). The first-order valence-electron chi connectivity index (χ1n) is 7.17. The van der Waals surface area contributed by atoms with Crippen molar-refractivity contribution in [2.75, 3.05) is 0 Å². The number of hydrogen-bond acceptors (Lipinski definition) is 3. The average Bonchev–Trinajstić information content (AvgIpc) is 2.35. The van der Waals surface area contributed by atoms with Gasteiger partial charge in [-0.25, -0.2) is 0 Å². The van der Waals surface area contributed by atoms with E-state index < -0.39 is 0 Å². The van der Waals surface area contributed by atoms with Crippen LogP contribution < -0.4 is 5.73 Å². The van der Waals surface area contributed by atoms with Crippen LogP contribution in [0.4, 0.5) is 0 Å². The summed E-state index contributed by atoms with van der Waals surface area (Å²) in [6.07, 6.45) is 2.61. The third kappa shape index (κ3) is 4.03. The molecule has 4 unspecified atom stereocenters. The summed E-state index contributed by atoms with van der Waals surface area (Å²) < 4.78 is 12.0. The van der Waals surface area contributed by atoms with Crippen LogP contribution in [-0.2, 0) is 9.47 Å². The van der Waals surface area contributed by atoms with Gasteiger partial charge >= 0.3 is 0 Å². The van der Waals surface area contributed by atoms with E-state index in [4.69, 9.17) is 15.2 Å². The van der Waals surface area contributed by atoms with Crippen molar-refractivity contribution in [3.63, 3.8) is 0 Å². The minimum Gasteiger partial charge on any atom is -0.375 e. The second-order valence-electron chi connectivity index (χ2n) is 5.68. The van der Waals surface area contributed by atoms with Gasteiger partial charge in [0.2, 0.25) is 0 Å². The summed E-state index contributed by atoms with van der Waals surface area (Å²) >= 11 is 0. The lowest BCUT2D eigenvalue weighted by molar-refractivity contribution is -0.126. The molecule has 2 N–H and O–H groups in total. The van der Waals surface area contributed by atoms with E-state index in [1.165, 1.54) is 0 Å². The van der Waals surface area contributed by atoms with E-state index in [1.54, 1.807) is 0 Å². The van der Waals surface area contributed by atoms with E-state index >= 15 is 0 Å². The molecule has 1 aliphatic rings. The molecule has 0 aliphatic carbocycles. The fourth-order valence-corrected chi connectivity index (χ4v) is 2.81. The molecule has 0 aromatic heterocycles. The number of rotatable bonds is 4. The largest absolute Gasteiger partial charge is 0.375 e. The van der Waals surface area contributed by atoms with Crippen LogP contribution in [0, 0.1) is 0 Å². The van der Waals surface area contributed by atoms with Crippen molar-refractivity contribution in [1.29, 1.82) is 0 Å². The lowest BCUT2D eigenvalue weighted by Gasteiger charge is -2.35. The molecule has 0 radical (unpaired) electrons. The Labute approximate surface area is 116 Å². The van der Waals surface area contributed by atoms with Crippen LogP contribution in [0.15, 0.2) is 30.3 Å². The van der Waals surface area contributed by atoms with E-state index in [1.807, 2.05) is 25.1 Å². The Hall–Kier alpha value is -0.900. The van der Waals surface area contributed by atoms with Gasteiger partial charge in [0.25, 0.3) is 0 Å². The van der Waals surface area contributed by atoms with Crippen molar-refractivity contribution in [1.82, 2.24) is 0 Å². The first-order valence-corrected chi connectivity index (χ1v) is 7.17. The molecule has 0 bridgehead atoms. The van der Waals surface area contributed by atoms with Crippen molar-refractivity contribution in [2.24, 2.45) is 5.73 Å². The molecule has 3 nitrogen and oxygen atoms in total. The number of ether oxygens (including phenoxy) is 2. The van der Waals surface area contributed by atoms with Crippen LogP contribution in [0.2, 0.25) is 0 Å². The highest BCUT2D eigenvalue weighted by atomic mass is 16.5. The minimum absolute atomic E-state index is 0.0177. The van der Waals surface area contributed by atoms with Crippen molar-refractivity contribution >= 4 is 0 Å². The van der Waals surface area contributed by atoms with Gasteiger partial charge in [-0.3, -0.25) is 0 Å². The maximum atomic E-state index is 6.27. The highest BCUT2D eigenvalue weighted by molar-refractivity contribution is 5.19. The predicted octanol–water partition coefficient (Wildman–Crippen LogP) is 3.05. The van der Waals surface area contributed by atoms with Crippen molar-refractivity contribution in [3.8, 4) is 0 Å². The third-order valence-electron chi connectivity index (χ3n) is 3.60. The van der Waals surface area contributed by atoms with Gasteiger partial charge in [-0.2, -0.15) is 0 Å². The van der Waals surface area contributed by atoms with Gasteiger partial charge < -0.3 is 15.2 Å². The fraction of sp³-hybridized carbons (Fsp3) is 0.625. The van der Waals surface area contributed by atoms with Crippen LogP contribution in [0.3, 0.4) is 0 Å². The van der Waals surface area contributed by atoms with Crippen LogP contribution in [0.1, 0.15) is 45.3 Å². The molecule has 3 heteroatoms. The van der Waals surface area contributed by atoms with Crippen LogP contribution >= 0.6 is 0 Å². The van der Waals surface area contributed by atoms with Crippen molar-refractivity contribution < 1.29 is 9.47 Å². The minimum atomic E-state index is -0.0382. The first kappa shape index (κ1) is 14.5. The van der Waals surface area contributed by atoms with Gasteiger partial charge in [0, 0.05) is 6.04 Å². The summed E-state index contributed by atoms with van der Waals surface area (Å²) in [4.78, 5) is 0. The van der Waals surface area contributed by atoms with Gasteiger partial charge in [0.1, 0.15) is 0 Å². The second-order valence-corrected chi connectivity index (χ2v) is 5.68. The van der Waals surface area contributed by atoms with Crippen molar-refractivity contribution in [2.45, 2.75) is 64.1 Å². The van der Waals surface area contributed by atoms with E-state index in [2.05, 4.69) is 26.0 Å². The van der Waals surface area contributed by atoms with Gasteiger partial charge in [-0.15, -0.1) is 0 Å². The molecule has 106 valence electrons. The van der Waals surface area contributed by atoms with E-state index in [0.717, 1.165) is 18.4 Å². The maximum Gasteiger partial charge on any atom is 0.0976 e. The SMILES string of the molecule is CC1CC(OC(c2ccccc2)C(C)N)CC(C)O1. The highest BCUT2D eigenvalue weighted by Crippen LogP contribution is 2.28. The quantitative estimate of drug-likeness (QED) is 0.908. The molecule has 1 heterocycles. The molecule has 1 aromatic rings. The highest BCUT2D eigenvalue weighted by Gasteiger charge is 2.29. The van der Waals surface area contributed by atoms with E-state index in [9.17, 15) is 0 Å². The van der Waals surface area contributed by atoms with Crippen LogP contribution in [-0.4, -0.2) is 24.4 Å². The van der Waals surface area contributed by atoms with Gasteiger partial charge in [-0.05, 0) is 39.2 Å². The molecule has 1 fully saturated rings.